The molecule has 2 aromatic rings. The van der Waals surface area contributed by atoms with Gasteiger partial charge in [-0.05, 0) is 31.7 Å². The van der Waals surface area contributed by atoms with Gasteiger partial charge in [0.1, 0.15) is 0 Å². The zero-order valence-corrected chi connectivity index (χ0v) is 11.6. The molecule has 19 heavy (non-hydrogen) atoms. The first kappa shape index (κ1) is 12.7. The lowest BCUT2D eigenvalue weighted by atomic mass is 9.91. The third-order valence-corrected chi connectivity index (χ3v) is 4.28. The second kappa shape index (κ2) is 5.35. The molecule has 0 saturated heterocycles. The van der Waals surface area contributed by atoms with Crippen molar-refractivity contribution in [2.75, 3.05) is 0 Å². The SMILES string of the molecule is NC1CCC(n2cncc2-c2ccccc2Cl)CC1. The average Bonchev–Trinajstić information content (AvgIpc) is 2.89. The highest BCUT2D eigenvalue weighted by atomic mass is 35.5. The maximum atomic E-state index is 6.29. The summed E-state index contributed by atoms with van der Waals surface area (Å²) in [4.78, 5) is 4.31. The fourth-order valence-corrected chi connectivity index (χ4v) is 3.09. The van der Waals surface area contributed by atoms with E-state index in [-0.39, 0.29) is 0 Å². The first-order chi connectivity index (χ1) is 9.25. The van der Waals surface area contributed by atoms with Crippen LogP contribution in [0.25, 0.3) is 11.3 Å². The molecule has 3 rings (SSSR count). The van der Waals surface area contributed by atoms with E-state index in [1.807, 2.05) is 36.8 Å². The molecule has 100 valence electrons. The summed E-state index contributed by atoms with van der Waals surface area (Å²) >= 11 is 6.29. The van der Waals surface area contributed by atoms with Crippen molar-refractivity contribution in [1.82, 2.24) is 9.55 Å². The summed E-state index contributed by atoms with van der Waals surface area (Å²) in [5, 5.41) is 0.775. The van der Waals surface area contributed by atoms with Crippen LogP contribution in [0.5, 0.6) is 0 Å². The lowest BCUT2D eigenvalue weighted by Crippen LogP contribution is -2.27. The number of aromatic nitrogens is 2. The molecule has 0 spiro atoms. The Morgan fingerprint density at radius 2 is 1.89 bits per heavy atom. The highest BCUT2D eigenvalue weighted by Gasteiger charge is 2.22. The highest BCUT2D eigenvalue weighted by Crippen LogP contribution is 2.34. The van der Waals surface area contributed by atoms with E-state index < -0.39 is 0 Å². The molecule has 0 radical (unpaired) electrons. The Labute approximate surface area is 118 Å². The lowest BCUT2D eigenvalue weighted by Gasteiger charge is -2.28. The van der Waals surface area contributed by atoms with E-state index in [0.717, 1.165) is 42.0 Å². The van der Waals surface area contributed by atoms with Crippen molar-refractivity contribution in [2.45, 2.75) is 37.8 Å². The summed E-state index contributed by atoms with van der Waals surface area (Å²) in [5.41, 5.74) is 8.13. The molecule has 4 heteroatoms. The van der Waals surface area contributed by atoms with E-state index >= 15 is 0 Å². The van der Waals surface area contributed by atoms with Gasteiger partial charge in [0.05, 0.1) is 18.2 Å². The minimum atomic E-state index is 0.364. The van der Waals surface area contributed by atoms with Gasteiger partial charge in [0, 0.05) is 22.7 Å². The maximum absolute atomic E-state index is 6.29. The second-order valence-corrected chi connectivity index (χ2v) is 5.64. The van der Waals surface area contributed by atoms with Crippen LogP contribution < -0.4 is 5.73 Å². The Kier molecular flexibility index (Phi) is 3.58. The molecule has 1 saturated carbocycles. The van der Waals surface area contributed by atoms with E-state index in [1.54, 1.807) is 0 Å². The van der Waals surface area contributed by atoms with Crippen molar-refractivity contribution < 1.29 is 0 Å². The molecule has 0 atom stereocenters. The van der Waals surface area contributed by atoms with Gasteiger partial charge >= 0.3 is 0 Å². The van der Waals surface area contributed by atoms with Gasteiger partial charge < -0.3 is 10.3 Å². The average molecular weight is 276 g/mol. The van der Waals surface area contributed by atoms with Crippen molar-refractivity contribution >= 4 is 11.6 Å². The van der Waals surface area contributed by atoms with Gasteiger partial charge in [-0.15, -0.1) is 0 Å². The number of nitrogens with two attached hydrogens (primary N) is 1. The molecular formula is C15H18ClN3. The predicted octanol–water partition coefficient (Wildman–Crippen LogP) is 3.65. The first-order valence-corrected chi connectivity index (χ1v) is 7.16. The first-order valence-electron chi connectivity index (χ1n) is 6.78. The Morgan fingerprint density at radius 3 is 2.63 bits per heavy atom. The van der Waals surface area contributed by atoms with Gasteiger partial charge in [-0.3, -0.25) is 0 Å². The number of halogens is 1. The van der Waals surface area contributed by atoms with Crippen LogP contribution in [0.1, 0.15) is 31.7 Å². The predicted molar refractivity (Wildman–Crippen MR) is 78.2 cm³/mol. The van der Waals surface area contributed by atoms with Crippen molar-refractivity contribution in [3.63, 3.8) is 0 Å². The zero-order chi connectivity index (χ0) is 13.2. The van der Waals surface area contributed by atoms with Crippen LogP contribution in [0.2, 0.25) is 5.02 Å². The maximum Gasteiger partial charge on any atom is 0.0953 e. The summed E-state index contributed by atoms with van der Waals surface area (Å²) in [6.45, 7) is 0. The van der Waals surface area contributed by atoms with E-state index in [4.69, 9.17) is 17.3 Å². The number of rotatable bonds is 2. The molecule has 1 aliphatic carbocycles. The standard InChI is InChI=1S/C15H18ClN3/c16-14-4-2-1-3-13(14)15-9-18-10-19(15)12-7-5-11(17)6-8-12/h1-4,9-12H,5-8,17H2. The molecule has 3 nitrogen and oxygen atoms in total. The fraction of sp³-hybridized carbons (Fsp3) is 0.400. The van der Waals surface area contributed by atoms with Crippen molar-refractivity contribution in [3.05, 3.63) is 41.8 Å². The number of hydrogen-bond acceptors (Lipinski definition) is 2. The molecule has 1 fully saturated rings. The summed E-state index contributed by atoms with van der Waals surface area (Å²) in [7, 11) is 0. The quantitative estimate of drug-likeness (QED) is 0.909. The second-order valence-electron chi connectivity index (χ2n) is 5.23. The van der Waals surface area contributed by atoms with Crippen molar-refractivity contribution in [3.8, 4) is 11.3 Å². The molecule has 0 unspecified atom stereocenters. The number of imidazole rings is 1. The molecule has 2 N–H and O–H groups in total. The Bertz CT molecular complexity index is 556. The molecule has 1 aromatic heterocycles. The van der Waals surface area contributed by atoms with Crippen LogP contribution in [-0.4, -0.2) is 15.6 Å². The minimum Gasteiger partial charge on any atom is -0.328 e. The monoisotopic (exact) mass is 275 g/mol. The zero-order valence-electron chi connectivity index (χ0n) is 10.8. The summed E-state index contributed by atoms with van der Waals surface area (Å²) in [5.74, 6) is 0. The summed E-state index contributed by atoms with van der Waals surface area (Å²) in [6.07, 6.45) is 8.23. The third-order valence-electron chi connectivity index (χ3n) is 3.95. The number of nitrogens with zero attached hydrogens (tertiary/aromatic N) is 2. The van der Waals surface area contributed by atoms with E-state index in [0.29, 0.717) is 12.1 Å². The number of benzene rings is 1. The summed E-state index contributed by atoms with van der Waals surface area (Å²) in [6, 6.07) is 8.79. The molecule has 1 aliphatic rings. The Balaban J connectivity index is 1.93. The smallest absolute Gasteiger partial charge is 0.0953 e. The highest BCUT2D eigenvalue weighted by molar-refractivity contribution is 6.33. The van der Waals surface area contributed by atoms with E-state index in [1.165, 1.54) is 0 Å². The van der Waals surface area contributed by atoms with Gasteiger partial charge in [-0.2, -0.15) is 0 Å². The van der Waals surface area contributed by atoms with E-state index in [2.05, 4.69) is 9.55 Å². The topological polar surface area (TPSA) is 43.8 Å². The Morgan fingerprint density at radius 1 is 1.16 bits per heavy atom. The van der Waals surface area contributed by atoms with Gasteiger partial charge in [0.15, 0.2) is 0 Å². The lowest BCUT2D eigenvalue weighted by molar-refractivity contribution is 0.325. The van der Waals surface area contributed by atoms with Gasteiger partial charge in [0.2, 0.25) is 0 Å². The van der Waals surface area contributed by atoms with Crippen LogP contribution in [0.3, 0.4) is 0 Å². The van der Waals surface area contributed by atoms with Crippen molar-refractivity contribution in [2.24, 2.45) is 5.73 Å². The van der Waals surface area contributed by atoms with Crippen LogP contribution in [0.15, 0.2) is 36.8 Å². The van der Waals surface area contributed by atoms with Gasteiger partial charge in [-0.1, -0.05) is 29.8 Å². The minimum absolute atomic E-state index is 0.364. The van der Waals surface area contributed by atoms with Crippen molar-refractivity contribution in [1.29, 1.82) is 0 Å². The van der Waals surface area contributed by atoms with Crippen LogP contribution >= 0.6 is 11.6 Å². The number of hydrogen-bond donors (Lipinski definition) is 1. The summed E-state index contributed by atoms with van der Waals surface area (Å²) < 4.78 is 2.26. The van der Waals surface area contributed by atoms with Crippen LogP contribution in [0, 0.1) is 0 Å². The van der Waals surface area contributed by atoms with Crippen LogP contribution in [-0.2, 0) is 0 Å². The fourth-order valence-electron chi connectivity index (χ4n) is 2.85. The molecule has 1 heterocycles. The van der Waals surface area contributed by atoms with Gasteiger partial charge in [-0.25, -0.2) is 4.98 Å². The van der Waals surface area contributed by atoms with Gasteiger partial charge in [0.25, 0.3) is 0 Å². The van der Waals surface area contributed by atoms with Crippen LogP contribution in [0.4, 0.5) is 0 Å². The Hall–Kier alpha value is -1.32. The molecule has 0 amide bonds. The molecule has 0 bridgehead atoms. The normalized spacial score (nSPS) is 23.5. The van der Waals surface area contributed by atoms with E-state index in [9.17, 15) is 0 Å². The molecular weight excluding hydrogens is 258 g/mol. The largest absolute Gasteiger partial charge is 0.328 e. The molecule has 0 aliphatic heterocycles. The molecule has 1 aromatic carbocycles. The third kappa shape index (κ3) is 2.53.